The fraction of sp³-hybridized carbons (Fsp3) is 0.526. The van der Waals surface area contributed by atoms with Crippen LogP contribution in [-0.4, -0.2) is 23.6 Å². The van der Waals surface area contributed by atoms with Crippen LogP contribution in [0, 0.1) is 0 Å². The Labute approximate surface area is 137 Å². The largest absolute Gasteiger partial charge is 0.383 e. The van der Waals surface area contributed by atoms with Crippen molar-refractivity contribution in [2.45, 2.75) is 51.0 Å². The van der Waals surface area contributed by atoms with Crippen LogP contribution in [0.1, 0.15) is 62.5 Å². The first-order valence-electron chi connectivity index (χ1n) is 8.33. The molecule has 4 heteroatoms. The maximum absolute atomic E-state index is 11.3. The Morgan fingerprint density at radius 1 is 1.22 bits per heavy atom. The summed E-state index contributed by atoms with van der Waals surface area (Å²) in [6.45, 7) is 7.71. The van der Waals surface area contributed by atoms with Crippen molar-refractivity contribution in [3.8, 4) is 0 Å². The van der Waals surface area contributed by atoms with Crippen molar-refractivity contribution in [3.63, 3.8) is 0 Å². The van der Waals surface area contributed by atoms with E-state index in [2.05, 4.69) is 62.1 Å². The SMILES string of the molecule is CN1CC[C@H](c2cc(=O)[nH]o2)C[C@H]1c1ccc(C(C)(C)C)cc1. The number of likely N-dealkylation sites (tertiary alicyclic amines) is 1. The van der Waals surface area contributed by atoms with Crippen LogP contribution >= 0.6 is 0 Å². The zero-order chi connectivity index (χ0) is 16.6. The zero-order valence-electron chi connectivity index (χ0n) is 14.4. The van der Waals surface area contributed by atoms with E-state index in [0.717, 1.165) is 25.1 Å². The fourth-order valence-corrected chi connectivity index (χ4v) is 3.44. The predicted molar refractivity (Wildman–Crippen MR) is 91.8 cm³/mol. The number of nitrogens with one attached hydrogen (secondary N) is 1. The van der Waals surface area contributed by atoms with Gasteiger partial charge >= 0.3 is 0 Å². The third-order valence-electron chi connectivity index (χ3n) is 4.98. The second-order valence-electron chi connectivity index (χ2n) is 7.70. The quantitative estimate of drug-likeness (QED) is 0.917. The Morgan fingerprint density at radius 2 is 1.91 bits per heavy atom. The number of benzene rings is 1. The molecule has 23 heavy (non-hydrogen) atoms. The van der Waals surface area contributed by atoms with Gasteiger partial charge in [0.1, 0.15) is 5.76 Å². The van der Waals surface area contributed by atoms with E-state index < -0.39 is 0 Å². The molecule has 1 aromatic carbocycles. The topological polar surface area (TPSA) is 49.2 Å². The molecule has 1 aromatic heterocycles. The molecule has 2 heterocycles. The molecule has 2 aromatic rings. The van der Waals surface area contributed by atoms with Crippen LogP contribution in [0.2, 0.25) is 0 Å². The average molecular weight is 314 g/mol. The van der Waals surface area contributed by atoms with Gasteiger partial charge in [0.25, 0.3) is 5.56 Å². The number of H-pyrrole nitrogens is 1. The summed E-state index contributed by atoms with van der Waals surface area (Å²) in [7, 11) is 2.17. The summed E-state index contributed by atoms with van der Waals surface area (Å²) in [5.74, 6) is 1.09. The maximum atomic E-state index is 11.3. The standard InChI is InChI=1S/C19H26N2O2/c1-19(2,3)15-7-5-13(6-8-15)16-11-14(9-10-21(16)4)17-12-18(22)20-23-17/h5-8,12,14,16H,9-11H2,1-4H3,(H,20,22)/t14-,16-/m0/s1. The molecule has 1 N–H and O–H groups in total. The number of hydrogen-bond acceptors (Lipinski definition) is 3. The van der Waals surface area contributed by atoms with E-state index in [4.69, 9.17) is 4.52 Å². The Morgan fingerprint density at radius 3 is 2.48 bits per heavy atom. The normalized spacial score (nSPS) is 23.1. The molecule has 0 bridgehead atoms. The van der Waals surface area contributed by atoms with E-state index in [9.17, 15) is 4.79 Å². The third-order valence-corrected chi connectivity index (χ3v) is 4.98. The van der Waals surface area contributed by atoms with Crippen LogP contribution in [0.25, 0.3) is 0 Å². The van der Waals surface area contributed by atoms with Crippen LogP contribution in [0.5, 0.6) is 0 Å². The van der Waals surface area contributed by atoms with Crippen molar-refractivity contribution in [2.75, 3.05) is 13.6 Å². The summed E-state index contributed by atoms with van der Waals surface area (Å²) in [5, 5.41) is 2.41. The summed E-state index contributed by atoms with van der Waals surface area (Å²) < 4.78 is 5.33. The van der Waals surface area contributed by atoms with Gasteiger partial charge in [-0.2, -0.15) is 5.16 Å². The van der Waals surface area contributed by atoms with Gasteiger partial charge in [0, 0.05) is 18.0 Å². The Bertz CT molecular complexity index is 706. The molecule has 1 saturated heterocycles. The van der Waals surface area contributed by atoms with Gasteiger partial charge in [0.15, 0.2) is 0 Å². The van der Waals surface area contributed by atoms with E-state index in [1.54, 1.807) is 6.07 Å². The van der Waals surface area contributed by atoms with E-state index in [-0.39, 0.29) is 11.0 Å². The Balaban J connectivity index is 1.81. The molecule has 0 spiro atoms. The highest BCUT2D eigenvalue weighted by atomic mass is 16.5. The van der Waals surface area contributed by atoms with Crippen LogP contribution in [0.15, 0.2) is 39.6 Å². The van der Waals surface area contributed by atoms with Gasteiger partial charge in [-0.15, -0.1) is 0 Å². The summed E-state index contributed by atoms with van der Waals surface area (Å²) >= 11 is 0. The van der Waals surface area contributed by atoms with Crippen LogP contribution in [0.4, 0.5) is 0 Å². The molecular formula is C19H26N2O2. The third kappa shape index (κ3) is 3.42. The molecule has 0 radical (unpaired) electrons. The summed E-state index contributed by atoms with van der Waals surface area (Å²) in [6, 6.07) is 10.9. The highest BCUT2D eigenvalue weighted by Crippen LogP contribution is 2.38. The number of aromatic amines is 1. The van der Waals surface area contributed by atoms with Crippen molar-refractivity contribution in [1.29, 1.82) is 0 Å². The highest BCUT2D eigenvalue weighted by Gasteiger charge is 2.30. The van der Waals surface area contributed by atoms with Gasteiger partial charge in [-0.05, 0) is 43.0 Å². The van der Waals surface area contributed by atoms with Crippen LogP contribution in [-0.2, 0) is 5.41 Å². The van der Waals surface area contributed by atoms with E-state index in [0.29, 0.717) is 12.0 Å². The van der Waals surface area contributed by atoms with E-state index in [1.165, 1.54) is 11.1 Å². The average Bonchev–Trinajstić information content (AvgIpc) is 2.94. The molecule has 1 fully saturated rings. The maximum Gasteiger partial charge on any atom is 0.280 e. The van der Waals surface area contributed by atoms with E-state index in [1.807, 2.05) is 0 Å². The fourth-order valence-electron chi connectivity index (χ4n) is 3.44. The first-order chi connectivity index (χ1) is 10.8. The molecule has 1 aliphatic heterocycles. The second-order valence-corrected chi connectivity index (χ2v) is 7.70. The zero-order valence-corrected chi connectivity index (χ0v) is 14.4. The van der Waals surface area contributed by atoms with Gasteiger partial charge in [0.05, 0.1) is 0 Å². The van der Waals surface area contributed by atoms with Crippen molar-refractivity contribution in [3.05, 3.63) is 57.6 Å². The van der Waals surface area contributed by atoms with Crippen LogP contribution < -0.4 is 5.56 Å². The summed E-state index contributed by atoms with van der Waals surface area (Å²) in [6.07, 6.45) is 2.00. The molecule has 4 nitrogen and oxygen atoms in total. The van der Waals surface area contributed by atoms with Crippen molar-refractivity contribution in [1.82, 2.24) is 10.1 Å². The smallest absolute Gasteiger partial charge is 0.280 e. The first kappa shape index (κ1) is 16.1. The van der Waals surface area contributed by atoms with Gasteiger partial charge in [-0.1, -0.05) is 45.0 Å². The predicted octanol–water partition coefficient (Wildman–Crippen LogP) is 3.82. The van der Waals surface area contributed by atoms with Gasteiger partial charge in [-0.3, -0.25) is 9.69 Å². The Kier molecular flexibility index (Phi) is 4.19. The summed E-state index contributed by atoms with van der Waals surface area (Å²) in [4.78, 5) is 13.7. The lowest BCUT2D eigenvalue weighted by Crippen LogP contribution is -2.33. The molecule has 0 aliphatic carbocycles. The minimum absolute atomic E-state index is 0.148. The number of piperidine rings is 1. The van der Waals surface area contributed by atoms with Gasteiger partial charge in [0.2, 0.25) is 0 Å². The first-order valence-corrected chi connectivity index (χ1v) is 8.33. The molecule has 2 atom stereocenters. The lowest BCUT2D eigenvalue weighted by atomic mass is 9.83. The monoisotopic (exact) mass is 314 g/mol. The Hall–Kier alpha value is -1.81. The lowest BCUT2D eigenvalue weighted by molar-refractivity contribution is 0.157. The molecule has 3 rings (SSSR count). The molecule has 0 unspecified atom stereocenters. The van der Waals surface area contributed by atoms with Gasteiger partial charge in [-0.25, -0.2) is 0 Å². The molecule has 0 saturated carbocycles. The summed E-state index contributed by atoms with van der Waals surface area (Å²) in [5.41, 5.74) is 2.72. The van der Waals surface area contributed by atoms with Crippen LogP contribution in [0.3, 0.4) is 0 Å². The number of nitrogens with zero attached hydrogens (tertiary/aromatic N) is 1. The van der Waals surface area contributed by atoms with E-state index >= 15 is 0 Å². The molecule has 1 aliphatic rings. The number of hydrogen-bond donors (Lipinski definition) is 1. The number of aromatic nitrogens is 1. The highest BCUT2D eigenvalue weighted by molar-refractivity contribution is 5.30. The molecular weight excluding hydrogens is 288 g/mol. The van der Waals surface area contributed by atoms with Crippen molar-refractivity contribution >= 4 is 0 Å². The minimum Gasteiger partial charge on any atom is -0.383 e. The minimum atomic E-state index is -0.148. The molecule has 0 amide bonds. The molecule has 124 valence electrons. The lowest BCUT2D eigenvalue weighted by Gasteiger charge is -2.36. The number of rotatable bonds is 2. The van der Waals surface area contributed by atoms with Gasteiger partial charge < -0.3 is 4.52 Å². The van der Waals surface area contributed by atoms with Crippen molar-refractivity contribution in [2.24, 2.45) is 0 Å². The van der Waals surface area contributed by atoms with Crippen molar-refractivity contribution < 1.29 is 4.52 Å². The second kappa shape index (κ2) is 6.00.